The van der Waals surface area contributed by atoms with Crippen LogP contribution in [0.1, 0.15) is 17.0 Å². The molecule has 5 heteroatoms. The minimum absolute atomic E-state index is 0.160. The molecular formula is C21H23N5. The molecule has 2 N–H and O–H groups in total. The number of nitrogens with one attached hydrogen (secondary N) is 2. The summed E-state index contributed by atoms with van der Waals surface area (Å²) in [7, 11) is 0. The van der Waals surface area contributed by atoms with Crippen molar-refractivity contribution in [2.24, 2.45) is 9.98 Å². The Morgan fingerprint density at radius 3 is 1.88 bits per heavy atom. The van der Waals surface area contributed by atoms with Gasteiger partial charge in [-0.25, -0.2) is 0 Å². The SMILES string of the molecule is C(=N[C@@H]1CN(Cc2ccccc2)C[C@H]1N=Cc1ccc[nH]1)c1ccc[nH]1. The van der Waals surface area contributed by atoms with Crippen LogP contribution in [0.4, 0.5) is 0 Å². The number of hydrogen-bond acceptors (Lipinski definition) is 3. The molecule has 1 aliphatic rings. The molecule has 4 rings (SSSR count). The summed E-state index contributed by atoms with van der Waals surface area (Å²) in [5.74, 6) is 0. The molecule has 1 aliphatic heterocycles. The van der Waals surface area contributed by atoms with Crippen molar-refractivity contribution in [3.8, 4) is 0 Å². The molecule has 1 fully saturated rings. The van der Waals surface area contributed by atoms with Crippen molar-refractivity contribution in [1.82, 2.24) is 14.9 Å². The molecule has 0 unspecified atom stereocenters. The maximum Gasteiger partial charge on any atom is 0.0863 e. The zero-order valence-electron chi connectivity index (χ0n) is 14.6. The molecule has 0 radical (unpaired) electrons. The predicted octanol–water partition coefficient (Wildman–Crippen LogP) is 3.13. The zero-order chi connectivity index (χ0) is 17.6. The average Bonchev–Trinajstić information content (AvgIpc) is 3.41. The molecule has 1 saturated heterocycles. The molecule has 2 atom stereocenters. The third-order valence-corrected chi connectivity index (χ3v) is 4.64. The summed E-state index contributed by atoms with van der Waals surface area (Å²) >= 11 is 0. The molecule has 3 heterocycles. The first-order valence-corrected chi connectivity index (χ1v) is 8.96. The Hall–Kier alpha value is -2.92. The highest BCUT2D eigenvalue weighted by Crippen LogP contribution is 2.19. The molecule has 0 spiro atoms. The van der Waals surface area contributed by atoms with E-state index in [1.165, 1.54) is 5.56 Å². The Labute approximate surface area is 153 Å². The van der Waals surface area contributed by atoms with Gasteiger partial charge in [0.05, 0.1) is 23.5 Å². The van der Waals surface area contributed by atoms with Crippen LogP contribution in [-0.4, -0.2) is 52.5 Å². The monoisotopic (exact) mass is 345 g/mol. The lowest BCUT2D eigenvalue weighted by Crippen LogP contribution is -2.21. The summed E-state index contributed by atoms with van der Waals surface area (Å²) in [5.41, 5.74) is 3.38. The maximum absolute atomic E-state index is 4.82. The Morgan fingerprint density at radius 2 is 1.38 bits per heavy atom. The van der Waals surface area contributed by atoms with Gasteiger partial charge in [0, 0.05) is 44.5 Å². The lowest BCUT2D eigenvalue weighted by atomic mass is 10.2. The lowest BCUT2D eigenvalue weighted by molar-refractivity contribution is 0.324. The molecule has 1 aromatic carbocycles. The third kappa shape index (κ3) is 4.18. The quantitative estimate of drug-likeness (QED) is 0.663. The fourth-order valence-corrected chi connectivity index (χ4v) is 3.31. The highest BCUT2D eigenvalue weighted by Gasteiger charge is 2.31. The second-order valence-corrected chi connectivity index (χ2v) is 6.62. The van der Waals surface area contributed by atoms with Crippen LogP contribution in [0.5, 0.6) is 0 Å². The summed E-state index contributed by atoms with van der Waals surface area (Å²) in [6.45, 7) is 2.77. The molecule has 0 amide bonds. The normalized spacial score (nSPS) is 21.2. The lowest BCUT2D eigenvalue weighted by Gasteiger charge is -2.14. The number of aliphatic imine (C=N–C) groups is 2. The van der Waals surface area contributed by atoms with E-state index < -0.39 is 0 Å². The van der Waals surface area contributed by atoms with E-state index in [2.05, 4.69) is 45.2 Å². The van der Waals surface area contributed by atoms with Gasteiger partial charge in [-0.1, -0.05) is 30.3 Å². The van der Waals surface area contributed by atoms with Gasteiger partial charge in [-0.15, -0.1) is 0 Å². The Bertz CT molecular complexity index is 782. The number of benzene rings is 1. The van der Waals surface area contributed by atoms with Crippen LogP contribution >= 0.6 is 0 Å². The van der Waals surface area contributed by atoms with Gasteiger partial charge in [0.15, 0.2) is 0 Å². The Balaban J connectivity index is 1.48. The van der Waals surface area contributed by atoms with Gasteiger partial charge in [0.1, 0.15) is 0 Å². The zero-order valence-corrected chi connectivity index (χ0v) is 14.6. The maximum atomic E-state index is 4.82. The largest absolute Gasteiger partial charge is 0.360 e. The summed E-state index contributed by atoms with van der Waals surface area (Å²) in [4.78, 5) is 18.4. The van der Waals surface area contributed by atoms with E-state index in [0.717, 1.165) is 31.0 Å². The number of nitrogens with zero attached hydrogens (tertiary/aromatic N) is 3. The minimum atomic E-state index is 0.160. The van der Waals surface area contributed by atoms with Crippen molar-refractivity contribution in [1.29, 1.82) is 0 Å². The van der Waals surface area contributed by atoms with Gasteiger partial charge in [-0.05, 0) is 29.8 Å². The number of H-pyrrole nitrogens is 2. The molecular weight excluding hydrogens is 322 g/mol. The number of hydrogen-bond donors (Lipinski definition) is 2. The van der Waals surface area contributed by atoms with E-state index >= 15 is 0 Å². The first kappa shape index (κ1) is 16.5. The highest BCUT2D eigenvalue weighted by atomic mass is 15.2. The van der Waals surface area contributed by atoms with Gasteiger partial charge in [-0.3, -0.25) is 14.9 Å². The third-order valence-electron chi connectivity index (χ3n) is 4.64. The number of aromatic nitrogens is 2. The van der Waals surface area contributed by atoms with Crippen molar-refractivity contribution < 1.29 is 0 Å². The molecule has 0 aliphatic carbocycles. The highest BCUT2D eigenvalue weighted by molar-refractivity contribution is 5.78. The second-order valence-electron chi connectivity index (χ2n) is 6.62. The van der Waals surface area contributed by atoms with Crippen LogP contribution in [0, 0.1) is 0 Å². The summed E-state index contributed by atoms with van der Waals surface area (Å²) < 4.78 is 0. The second kappa shape index (κ2) is 7.97. The van der Waals surface area contributed by atoms with Crippen LogP contribution in [0.15, 0.2) is 77.0 Å². The van der Waals surface area contributed by atoms with Crippen LogP contribution in [0.25, 0.3) is 0 Å². The first-order chi connectivity index (χ1) is 12.9. The van der Waals surface area contributed by atoms with Crippen LogP contribution in [-0.2, 0) is 6.54 Å². The number of rotatable bonds is 6. The molecule has 132 valence electrons. The molecule has 3 aromatic rings. The van der Waals surface area contributed by atoms with E-state index in [1.54, 1.807) is 0 Å². The van der Waals surface area contributed by atoms with E-state index in [9.17, 15) is 0 Å². The van der Waals surface area contributed by atoms with Crippen LogP contribution < -0.4 is 0 Å². The van der Waals surface area contributed by atoms with Crippen LogP contribution in [0.3, 0.4) is 0 Å². The van der Waals surface area contributed by atoms with Gasteiger partial charge >= 0.3 is 0 Å². The predicted molar refractivity (Wildman–Crippen MR) is 106 cm³/mol. The van der Waals surface area contributed by atoms with Crippen molar-refractivity contribution in [3.63, 3.8) is 0 Å². The number of aromatic amines is 2. The molecule has 0 bridgehead atoms. The smallest absolute Gasteiger partial charge is 0.0863 e. The fourth-order valence-electron chi connectivity index (χ4n) is 3.31. The van der Waals surface area contributed by atoms with Crippen molar-refractivity contribution in [3.05, 3.63) is 83.9 Å². The number of likely N-dealkylation sites (tertiary alicyclic amines) is 1. The minimum Gasteiger partial charge on any atom is -0.360 e. The molecule has 0 saturated carbocycles. The Morgan fingerprint density at radius 1 is 0.808 bits per heavy atom. The summed E-state index contributed by atoms with van der Waals surface area (Å²) in [6.07, 6.45) is 7.68. The van der Waals surface area contributed by atoms with Gasteiger partial charge in [0.2, 0.25) is 0 Å². The van der Waals surface area contributed by atoms with Crippen molar-refractivity contribution in [2.45, 2.75) is 18.6 Å². The molecule has 2 aromatic heterocycles. The Kier molecular flexibility index (Phi) is 5.07. The van der Waals surface area contributed by atoms with E-state index in [1.807, 2.05) is 49.1 Å². The van der Waals surface area contributed by atoms with E-state index in [0.29, 0.717) is 0 Å². The van der Waals surface area contributed by atoms with Gasteiger partial charge in [0.25, 0.3) is 0 Å². The van der Waals surface area contributed by atoms with Crippen LogP contribution in [0.2, 0.25) is 0 Å². The van der Waals surface area contributed by atoms with Crippen molar-refractivity contribution in [2.75, 3.05) is 13.1 Å². The fraction of sp³-hybridized carbons (Fsp3) is 0.238. The summed E-state index contributed by atoms with van der Waals surface area (Å²) in [5, 5.41) is 0. The van der Waals surface area contributed by atoms with Gasteiger partial charge < -0.3 is 9.97 Å². The molecule has 5 nitrogen and oxygen atoms in total. The van der Waals surface area contributed by atoms with E-state index in [4.69, 9.17) is 9.98 Å². The first-order valence-electron chi connectivity index (χ1n) is 8.96. The average molecular weight is 345 g/mol. The van der Waals surface area contributed by atoms with E-state index in [-0.39, 0.29) is 12.1 Å². The standard InChI is InChI=1S/C21H23N5/c1-2-6-17(7-3-1)14-26-15-20(24-12-18-8-4-10-22-18)21(16-26)25-13-19-9-5-11-23-19/h1-13,20-23H,14-16H2/t20-,21-/m1/s1. The molecule has 26 heavy (non-hydrogen) atoms. The van der Waals surface area contributed by atoms with Gasteiger partial charge in [-0.2, -0.15) is 0 Å². The summed E-state index contributed by atoms with van der Waals surface area (Å²) in [6, 6.07) is 18.9. The van der Waals surface area contributed by atoms with Crippen molar-refractivity contribution >= 4 is 12.4 Å². The topological polar surface area (TPSA) is 59.5 Å².